The highest BCUT2D eigenvalue weighted by Gasteiger charge is 2.54. The first-order chi connectivity index (χ1) is 14.2. The molecule has 2 aliphatic heterocycles. The number of rotatable bonds is 6. The smallest absolute Gasteiger partial charge is 0.325 e. The summed E-state index contributed by atoms with van der Waals surface area (Å²) in [4.78, 5) is 41.9. The minimum Gasteiger partial charge on any atom is -0.495 e. The van der Waals surface area contributed by atoms with E-state index in [1.807, 2.05) is 0 Å². The van der Waals surface area contributed by atoms with Crippen molar-refractivity contribution < 1.29 is 19.1 Å². The molecule has 1 spiro atoms. The van der Waals surface area contributed by atoms with Crippen molar-refractivity contribution >= 4 is 35.1 Å². The van der Waals surface area contributed by atoms with Crippen LogP contribution < -0.4 is 15.4 Å². The highest BCUT2D eigenvalue weighted by Crippen LogP contribution is 2.31. The lowest BCUT2D eigenvalue weighted by Gasteiger charge is -2.38. The summed E-state index contributed by atoms with van der Waals surface area (Å²) >= 11 is 6.10. The molecule has 8 nitrogen and oxygen atoms in total. The van der Waals surface area contributed by atoms with Crippen LogP contribution in [0.15, 0.2) is 18.2 Å². The van der Waals surface area contributed by atoms with Gasteiger partial charge in [0.1, 0.15) is 17.3 Å². The van der Waals surface area contributed by atoms with E-state index in [-0.39, 0.29) is 5.91 Å². The molecular weight excluding hydrogens is 408 g/mol. The molecule has 30 heavy (non-hydrogen) atoms. The SMILES string of the molecule is COc1ccc(NC(=O)C(C)N2C(=O)NC3(CCN(CC(C)C)CC3)C2=O)cc1Cl. The molecule has 0 saturated carbocycles. The lowest BCUT2D eigenvalue weighted by Crippen LogP contribution is -2.56. The molecule has 4 amide bonds. The zero-order chi connectivity index (χ0) is 22.1. The number of imide groups is 1. The Kier molecular flexibility index (Phi) is 6.57. The first-order valence-corrected chi connectivity index (χ1v) is 10.6. The van der Waals surface area contributed by atoms with Gasteiger partial charge in [-0.2, -0.15) is 0 Å². The molecule has 0 aromatic heterocycles. The maximum atomic E-state index is 13.2. The maximum absolute atomic E-state index is 13.2. The third-order valence-corrected chi connectivity index (χ3v) is 6.01. The Morgan fingerprint density at radius 3 is 2.50 bits per heavy atom. The summed E-state index contributed by atoms with van der Waals surface area (Å²) in [5.41, 5.74) is -0.455. The van der Waals surface area contributed by atoms with Crippen LogP contribution in [0.25, 0.3) is 0 Å². The highest BCUT2D eigenvalue weighted by atomic mass is 35.5. The number of urea groups is 1. The lowest BCUT2D eigenvalue weighted by molar-refractivity contribution is -0.137. The van der Waals surface area contributed by atoms with Crippen molar-refractivity contribution in [3.63, 3.8) is 0 Å². The van der Waals surface area contributed by atoms with Crippen LogP contribution >= 0.6 is 11.6 Å². The molecule has 0 bridgehead atoms. The fraction of sp³-hybridized carbons (Fsp3) is 0.571. The number of likely N-dealkylation sites (tertiary alicyclic amines) is 1. The minimum atomic E-state index is -0.952. The normalized spacial score (nSPS) is 19.9. The Morgan fingerprint density at radius 2 is 1.93 bits per heavy atom. The van der Waals surface area contributed by atoms with Gasteiger partial charge in [-0.15, -0.1) is 0 Å². The Morgan fingerprint density at radius 1 is 1.27 bits per heavy atom. The first-order valence-electron chi connectivity index (χ1n) is 10.2. The molecule has 2 aliphatic rings. The van der Waals surface area contributed by atoms with E-state index >= 15 is 0 Å². The minimum absolute atomic E-state index is 0.327. The van der Waals surface area contributed by atoms with Crippen LogP contribution in [0.5, 0.6) is 5.75 Å². The number of halogens is 1. The van der Waals surface area contributed by atoms with Crippen LogP contribution in [0.1, 0.15) is 33.6 Å². The predicted molar refractivity (Wildman–Crippen MR) is 115 cm³/mol. The molecule has 0 radical (unpaired) electrons. The number of benzene rings is 1. The van der Waals surface area contributed by atoms with Crippen molar-refractivity contribution in [3.05, 3.63) is 23.2 Å². The summed E-state index contributed by atoms with van der Waals surface area (Å²) in [6.45, 7) is 8.30. The summed E-state index contributed by atoms with van der Waals surface area (Å²) < 4.78 is 5.10. The van der Waals surface area contributed by atoms with Crippen LogP contribution in [0, 0.1) is 5.92 Å². The number of methoxy groups -OCH3 is 1. The van der Waals surface area contributed by atoms with E-state index < -0.39 is 23.5 Å². The fourth-order valence-electron chi connectivity index (χ4n) is 4.07. The molecule has 164 valence electrons. The van der Waals surface area contributed by atoms with E-state index in [9.17, 15) is 14.4 Å². The number of carbonyl (C=O) groups is 3. The Bertz CT molecular complexity index is 836. The third-order valence-electron chi connectivity index (χ3n) is 5.71. The van der Waals surface area contributed by atoms with Gasteiger partial charge in [-0.3, -0.25) is 9.59 Å². The number of nitrogens with zero attached hydrogens (tertiary/aromatic N) is 2. The quantitative estimate of drug-likeness (QED) is 0.669. The molecule has 1 aromatic carbocycles. The van der Waals surface area contributed by atoms with Crippen molar-refractivity contribution in [3.8, 4) is 5.75 Å². The number of nitrogens with one attached hydrogen (secondary N) is 2. The lowest BCUT2D eigenvalue weighted by atomic mass is 9.87. The summed E-state index contributed by atoms with van der Waals surface area (Å²) in [7, 11) is 1.50. The first kappa shape index (κ1) is 22.4. The zero-order valence-electron chi connectivity index (χ0n) is 17.8. The van der Waals surface area contributed by atoms with Gasteiger partial charge in [-0.1, -0.05) is 25.4 Å². The van der Waals surface area contributed by atoms with E-state index in [1.54, 1.807) is 25.1 Å². The van der Waals surface area contributed by atoms with Crippen LogP contribution in [-0.4, -0.2) is 66.0 Å². The molecule has 1 unspecified atom stereocenters. The van der Waals surface area contributed by atoms with Crippen LogP contribution in [0.2, 0.25) is 5.02 Å². The second-order valence-electron chi connectivity index (χ2n) is 8.40. The van der Waals surface area contributed by atoms with Crippen LogP contribution in [0.3, 0.4) is 0 Å². The second kappa shape index (κ2) is 8.81. The number of hydrogen-bond donors (Lipinski definition) is 2. The van der Waals surface area contributed by atoms with Gasteiger partial charge >= 0.3 is 6.03 Å². The van der Waals surface area contributed by atoms with Crippen molar-refractivity contribution in [1.82, 2.24) is 15.1 Å². The van der Waals surface area contributed by atoms with Crippen molar-refractivity contribution in [2.45, 2.75) is 45.2 Å². The van der Waals surface area contributed by atoms with Crippen molar-refractivity contribution in [2.75, 3.05) is 32.1 Å². The Labute approximate surface area is 181 Å². The van der Waals surface area contributed by atoms with Crippen LogP contribution in [-0.2, 0) is 9.59 Å². The number of piperidine rings is 1. The number of amides is 4. The number of carbonyl (C=O) groups excluding carboxylic acids is 3. The fourth-order valence-corrected chi connectivity index (χ4v) is 4.33. The van der Waals surface area contributed by atoms with Gasteiger partial charge in [0.15, 0.2) is 0 Å². The standard InChI is InChI=1S/C21H29ClN4O4/c1-13(2)12-25-9-7-21(8-10-25)19(28)26(20(29)24-21)14(3)18(27)23-15-5-6-17(30-4)16(22)11-15/h5-6,11,13-14H,7-10,12H2,1-4H3,(H,23,27)(H,24,29). The Hall–Kier alpha value is -2.32. The van der Waals surface area contributed by atoms with Gasteiger partial charge in [0.05, 0.1) is 12.1 Å². The van der Waals surface area contributed by atoms with Gasteiger partial charge in [-0.25, -0.2) is 9.69 Å². The van der Waals surface area contributed by atoms with E-state index in [0.29, 0.717) is 35.2 Å². The third kappa shape index (κ3) is 4.39. The predicted octanol–water partition coefficient (Wildman–Crippen LogP) is 2.72. The molecule has 1 aromatic rings. The molecular formula is C21H29ClN4O4. The Balaban J connectivity index is 1.67. The summed E-state index contributed by atoms with van der Waals surface area (Å²) in [5.74, 6) is 0.239. The molecule has 2 saturated heterocycles. The van der Waals surface area contributed by atoms with Gasteiger partial charge < -0.3 is 20.3 Å². The van der Waals surface area contributed by atoms with Crippen molar-refractivity contribution in [1.29, 1.82) is 0 Å². The summed E-state index contributed by atoms with van der Waals surface area (Å²) in [5, 5.41) is 5.92. The summed E-state index contributed by atoms with van der Waals surface area (Å²) in [6.07, 6.45) is 1.09. The average molecular weight is 437 g/mol. The molecule has 9 heteroatoms. The number of hydrogen-bond acceptors (Lipinski definition) is 5. The average Bonchev–Trinajstić information content (AvgIpc) is 2.92. The molecule has 1 atom stereocenters. The van der Waals surface area contributed by atoms with E-state index in [0.717, 1.165) is 24.5 Å². The zero-order valence-corrected chi connectivity index (χ0v) is 18.6. The van der Waals surface area contributed by atoms with Gasteiger partial charge in [0, 0.05) is 25.3 Å². The second-order valence-corrected chi connectivity index (χ2v) is 8.80. The molecule has 2 heterocycles. The molecule has 2 fully saturated rings. The monoisotopic (exact) mass is 436 g/mol. The van der Waals surface area contributed by atoms with Gasteiger partial charge in [0.2, 0.25) is 5.91 Å². The van der Waals surface area contributed by atoms with E-state index in [4.69, 9.17) is 16.3 Å². The molecule has 0 aliphatic carbocycles. The number of anilines is 1. The molecule has 3 rings (SSSR count). The van der Waals surface area contributed by atoms with Gasteiger partial charge in [0.25, 0.3) is 5.91 Å². The highest BCUT2D eigenvalue weighted by molar-refractivity contribution is 6.32. The van der Waals surface area contributed by atoms with Crippen LogP contribution in [0.4, 0.5) is 10.5 Å². The number of ether oxygens (including phenoxy) is 1. The van der Waals surface area contributed by atoms with E-state index in [2.05, 4.69) is 29.4 Å². The largest absolute Gasteiger partial charge is 0.495 e. The van der Waals surface area contributed by atoms with Crippen molar-refractivity contribution in [2.24, 2.45) is 5.92 Å². The summed E-state index contributed by atoms with van der Waals surface area (Å²) in [6, 6.07) is 3.37. The topological polar surface area (TPSA) is 91.0 Å². The van der Waals surface area contributed by atoms with Gasteiger partial charge in [-0.05, 0) is 43.9 Å². The molecule has 2 N–H and O–H groups in total. The van der Waals surface area contributed by atoms with E-state index in [1.165, 1.54) is 7.11 Å². The maximum Gasteiger partial charge on any atom is 0.325 e.